The molecule has 41 heavy (non-hydrogen) atoms. The number of rotatable bonds is 13. The third-order valence-corrected chi connectivity index (χ3v) is 8.33. The quantitative estimate of drug-likeness (QED) is 0.0640. The topological polar surface area (TPSA) is 182 Å². The standard InChI is InChI=1S/C24H23ClN6O8S2/c1-2-3-8-39-29-17(16-11-41-24(27-16)26-12-32)20(33)28-18-21(34)30-19(15(25)10-40-22(18)30)23(35)38-9-13-4-6-14(7-5-13)31(36)37/h4-7,11-12,18,22H,2-3,8-10H2,1H3,(H,28,33)(H,26,27,32)/b29-17-/t18?,22-/m1/s1. The molecule has 1 aromatic carbocycles. The minimum absolute atomic E-state index is 0.106. The number of ether oxygens (including phenoxy) is 1. The van der Waals surface area contributed by atoms with E-state index in [1.807, 2.05) is 6.92 Å². The van der Waals surface area contributed by atoms with Crippen molar-refractivity contribution in [3.63, 3.8) is 0 Å². The highest BCUT2D eigenvalue weighted by atomic mass is 35.5. The fraction of sp³-hybridized carbons (Fsp3) is 0.333. The Kier molecular flexibility index (Phi) is 9.91. The monoisotopic (exact) mass is 622 g/mol. The number of fused-ring (bicyclic) bond motifs is 1. The van der Waals surface area contributed by atoms with Crippen LogP contribution in [0.1, 0.15) is 31.0 Å². The summed E-state index contributed by atoms with van der Waals surface area (Å²) in [5.41, 5.74) is 0.231. The molecule has 2 N–H and O–H groups in total. The number of thioether (sulfide) groups is 1. The molecule has 0 radical (unpaired) electrons. The highest BCUT2D eigenvalue weighted by Crippen LogP contribution is 2.41. The van der Waals surface area contributed by atoms with Crippen molar-refractivity contribution in [1.29, 1.82) is 0 Å². The van der Waals surface area contributed by atoms with Crippen molar-refractivity contribution >= 4 is 75.4 Å². The molecule has 0 saturated carbocycles. The van der Waals surface area contributed by atoms with Crippen LogP contribution >= 0.6 is 34.7 Å². The molecule has 3 amide bonds. The lowest BCUT2D eigenvalue weighted by Crippen LogP contribution is -2.71. The van der Waals surface area contributed by atoms with E-state index >= 15 is 0 Å². The number of unbranched alkanes of at least 4 members (excludes halogenated alkanes) is 1. The summed E-state index contributed by atoms with van der Waals surface area (Å²) in [6.45, 7) is 2.03. The maximum Gasteiger partial charge on any atom is 0.356 e. The predicted octanol–water partition coefficient (Wildman–Crippen LogP) is 2.73. The third kappa shape index (κ3) is 6.83. The summed E-state index contributed by atoms with van der Waals surface area (Å²) < 4.78 is 5.32. The average Bonchev–Trinajstić information content (AvgIpc) is 3.42. The molecule has 17 heteroatoms. The van der Waals surface area contributed by atoms with E-state index in [0.29, 0.717) is 18.4 Å². The summed E-state index contributed by atoms with van der Waals surface area (Å²) in [6.07, 6.45) is 2.01. The van der Waals surface area contributed by atoms with Crippen LogP contribution in [0.25, 0.3) is 0 Å². The Hall–Kier alpha value is -4.02. The van der Waals surface area contributed by atoms with Crippen LogP contribution in [0.4, 0.5) is 10.8 Å². The molecule has 1 saturated heterocycles. The number of amides is 3. The number of non-ortho nitro benzene ring substituents is 1. The number of β-lactam (4-membered cyclic amide) rings is 1. The SMILES string of the molecule is CCCCO/N=C(\C(=O)NC1C(=O)N2C(C(=O)OCc3ccc([N+](=O)[O-])cc3)=C(Cl)CS[C@H]12)c1csc(NC=O)n1. The number of carbonyl (C=O) groups is 4. The van der Waals surface area contributed by atoms with Gasteiger partial charge in [-0.25, -0.2) is 9.78 Å². The molecular formula is C24H23ClN6O8S2. The van der Waals surface area contributed by atoms with E-state index < -0.39 is 34.1 Å². The summed E-state index contributed by atoms with van der Waals surface area (Å²) in [5.74, 6) is -1.96. The number of esters is 1. The molecule has 2 atom stereocenters. The number of halogens is 1. The summed E-state index contributed by atoms with van der Waals surface area (Å²) in [5, 5.41) is 21.0. The second-order valence-corrected chi connectivity index (χ2v) is 11.0. The Balaban J connectivity index is 1.43. The lowest BCUT2D eigenvalue weighted by Gasteiger charge is -2.49. The number of nitrogens with zero attached hydrogens (tertiary/aromatic N) is 4. The highest BCUT2D eigenvalue weighted by molar-refractivity contribution is 8.00. The molecule has 14 nitrogen and oxygen atoms in total. The Morgan fingerprint density at radius 1 is 1.34 bits per heavy atom. The summed E-state index contributed by atoms with van der Waals surface area (Å²) >= 11 is 8.63. The number of nitro benzene ring substituents is 1. The van der Waals surface area contributed by atoms with Crippen molar-refractivity contribution in [3.05, 3.63) is 61.7 Å². The number of nitro groups is 1. The first-order valence-corrected chi connectivity index (χ1v) is 14.5. The third-order valence-electron chi connectivity index (χ3n) is 5.81. The first-order chi connectivity index (χ1) is 19.7. The van der Waals surface area contributed by atoms with Gasteiger partial charge in [0.1, 0.15) is 36.0 Å². The lowest BCUT2D eigenvalue weighted by atomic mass is 10.0. The first kappa shape index (κ1) is 30.0. The van der Waals surface area contributed by atoms with Gasteiger partial charge in [0.25, 0.3) is 17.5 Å². The number of nitrogens with one attached hydrogen (secondary N) is 2. The van der Waals surface area contributed by atoms with Crippen LogP contribution < -0.4 is 10.6 Å². The molecule has 216 valence electrons. The summed E-state index contributed by atoms with van der Waals surface area (Å²) in [7, 11) is 0. The molecule has 1 fully saturated rings. The zero-order valence-electron chi connectivity index (χ0n) is 21.4. The first-order valence-electron chi connectivity index (χ1n) is 12.2. The summed E-state index contributed by atoms with van der Waals surface area (Å²) in [6, 6.07) is 4.47. The van der Waals surface area contributed by atoms with Gasteiger partial charge in [0.05, 0.1) is 9.96 Å². The molecule has 2 aromatic rings. The number of anilines is 1. The number of benzene rings is 1. The number of aromatic nitrogens is 1. The van der Waals surface area contributed by atoms with Crippen LogP contribution in [-0.2, 0) is 35.4 Å². The number of hydrogen-bond donors (Lipinski definition) is 2. The molecule has 2 aliphatic heterocycles. The lowest BCUT2D eigenvalue weighted by molar-refractivity contribution is -0.384. The maximum atomic E-state index is 13.2. The van der Waals surface area contributed by atoms with E-state index in [1.54, 1.807) is 0 Å². The van der Waals surface area contributed by atoms with Crippen molar-refractivity contribution in [2.45, 2.75) is 37.8 Å². The van der Waals surface area contributed by atoms with E-state index in [-0.39, 0.29) is 51.9 Å². The van der Waals surface area contributed by atoms with Gasteiger partial charge in [0.15, 0.2) is 10.8 Å². The van der Waals surface area contributed by atoms with Gasteiger partial charge in [-0.15, -0.1) is 23.1 Å². The molecule has 0 aliphatic carbocycles. The van der Waals surface area contributed by atoms with Crippen molar-refractivity contribution in [2.75, 3.05) is 17.7 Å². The van der Waals surface area contributed by atoms with E-state index in [1.165, 1.54) is 46.3 Å². The molecule has 4 rings (SSSR count). The van der Waals surface area contributed by atoms with Crippen LogP contribution in [0.5, 0.6) is 0 Å². The minimum Gasteiger partial charge on any atom is -0.456 e. The van der Waals surface area contributed by atoms with Gasteiger partial charge in [0, 0.05) is 23.3 Å². The fourth-order valence-electron chi connectivity index (χ4n) is 3.74. The van der Waals surface area contributed by atoms with Gasteiger partial charge < -0.3 is 20.2 Å². The molecule has 1 aromatic heterocycles. The van der Waals surface area contributed by atoms with E-state index in [4.69, 9.17) is 21.2 Å². The van der Waals surface area contributed by atoms with Gasteiger partial charge in [0.2, 0.25) is 6.41 Å². The summed E-state index contributed by atoms with van der Waals surface area (Å²) in [4.78, 5) is 70.9. The van der Waals surface area contributed by atoms with Crippen molar-refractivity contribution < 1.29 is 33.7 Å². The number of hydrogen-bond acceptors (Lipinski definition) is 12. The molecule has 1 unspecified atom stereocenters. The molecule has 0 bridgehead atoms. The van der Waals surface area contributed by atoms with Gasteiger partial charge in [-0.05, 0) is 24.1 Å². The zero-order valence-corrected chi connectivity index (χ0v) is 23.8. The van der Waals surface area contributed by atoms with E-state index in [2.05, 4.69) is 20.8 Å². The second kappa shape index (κ2) is 13.6. The fourth-order valence-corrected chi connectivity index (χ4v) is 5.94. The minimum atomic E-state index is -0.998. The Morgan fingerprint density at radius 2 is 2.10 bits per heavy atom. The van der Waals surface area contributed by atoms with Gasteiger partial charge >= 0.3 is 5.97 Å². The predicted molar refractivity (Wildman–Crippen MR) is 150 cm³/mol. The van der Waals surface area contributed by atoms with Crippen molar-refractivity contribution in [3.8, 4) is 0 Å². The van der Waals surface area contributed by atoms with E-state index in [9.17, 15) is 29.3 Å². The van der Waals surface area contributed by atoms with Gasteiger partial charge in [-0.2, -0.15) is 0 Å². The van der Waals surface area contributed by atoms with Gasteiger partial charge in [-0.1, -0.05) is 30.1 Å². The Bertz CT molecular complexity index is 1410. The number of oxime groups is 1. The van der Waals surface area contributed by atoms with Crippen molar-refractivity contribution in [1.82, 2.24) is 15.2 Å². The Labute approximate surface area is 246 Å². The van der Waals surface area contributed by atoms with Gasteiger partial charge in [-0.3, -0.25) is 29.4 Å². The van der Waals surface area contributed by atoms with E-state index in [0.717, 1.165) is 17.8 Å². The maximum absolute atomic E-state index is 13.2. The van der Waals surface area contributed by atoms with Crippen LogP contribution in [0.15, 0.2) is 45.5 Å². The van der Waals surface area contributed by atoms with Crippen LogP contribution in [0.2, 0.25) is 0 Å². The largest absolute Gasteiger partial charge is 0.456 e. The van der Waals surface area contributed by atoms with Crippen LogP contribution in [0, 0.1) is 10.1 Å². The van der Waals surface area contributed by atoms with Crippen molar-refractivity contribution in [2.24, 2.45) is 5.16 Å². The number of carbonyl (C=O) groups excluding carboxylic acids is 4. The molecule has 0 spiro atoms. The molecular weight excluding hydrogens is 600 g/mol. The second-order valence-electron chi connectivity index (χ2n) is 8.54. The Morgan fingerprint density at radius 3 is 2.78 bits per heavy atom. The molecule has 3 heterocycles. The normalized spacial score (nSPS) is 18.2. The smallest absolute Gasteiger partial charge is 0.356 e. The molecule has 2 aliphatic rings. The number of thiazole rings is 1. The highest BCUT2D eigenvalue weighted by Gasteiger charge is 2.54. The van der Waals surface area contributed by atoms with Crippen LogP contribution in [0.3, 0.4) is 0 Å². The average molecular weight is 623 g/mol. The zero-order chi connectivity index (χ0) is 29.5. The van der Waals surface area contributed by atoms with Crippen LogP contribution in [-0.4, -0.2) is 68.5 Å².